The van der Waals surface area contributed by atoms with Crippen LogP contribution in [0.5, 0.6) is 11.5 Å². The van der Waals surface area contributed by atoms with Crippen molar-refractivity contribution in [3.8, 4) is 11.5 Å². The molecule has 10 heteroatoms. The maximum atomic E-state index is 5.16. The van der Waals surface area contributed by atoms with Gasteiger partial charge in [-0.3, -0.25) is 0 Å². The molecule has 0 saturated carbocycles. The largest absolute Gasteiger partial charge is 2.00 e. The summed E-state index contributed by atoms with van der Waals surface area (Å²) in [5.41, 5.74) is 1.49. The fourth-order valence-electron chi connectivity index (χ4n) is 2.03. The third-order valence-electron chi connectivity index (χ3n) is 3.40. The molecule has 0 bridgehead atoms. The Kier molecular flexibility index (Phi) is 13.9. The molecule has 0 atom stereocenters. The molecular weight excluding hydrogens is 583 g/mol. The minimum atomic E-state index is 0. The van der Waals surface area contributed by atoms with Crippen LogP contribution in [0.25, 0.3) is 10.6 Å². The van der Waals surface area contributed by atoms with Crippen molar-refractivity contribution >= 4 is 47.0 Å². The van der Waals surface area contributed by atoms with Crippen LogP contribution >= 0.6 is 0 Å². The van der Waals surface area contributed by atoms with Gasteiger partial charge in [0.1, 0.15) is 11.5 Å². The fourth-order valence-corrected chi connectivity index (χ4v) is 2.42. The van der Waals surface area contributed by atoms with E-state index >= 15 is 0 Å². The quantitative estimate of drug-likeness (QED) is 0.192. The summed E-state index contributed by atoms with van der Waals surface area (Å²) in [5.74, 6) is 1.55. The van der Waals surface area contributed by atoms with Crippen LogP contribution in [0.4, 0.5) is 11.4 Å². The van der Waals surface area contributed by atoms with Gasteiger partial charge in [0, 0.05) is 20.4 Å². The topological polar surface area (TPSA) is 99.9 Å². The Morgan fingerprint density at radius 3 is 1.41 bits per heavy atom. The van der Waals surface area contributed by atoms with Gasteiger partial charge >= 0.3 is 0 Å². The van der Waals surface area contributed by atoms with Crippen LogP contribution in [0.2, 0.25) is 0 Å². The average Bonchev–Trinajstić information content (AvgIpc) is 2.69. The van der Waals surface area contributed by atoms with E-state index in [2.05, 4.69) is 20.6 Å². The second-order valence-electron chi connectivity index (χ2n) is 5.30. The molecule has 0 saturated heterocycles. The van der Waals surface area contributed by atoms with Gasteiger partial charge < -0.3 is 60.8 Å². The van der Waals surface area contributed by atoms with Crippen molar-refractivity contribution < 1.29 is 35.4 Å². The average molecular weight is 603 g/mol. The molecule has 1 radical (unpaired) electrons. The first-order valence-electron chi connectivity index (χ1n) is 8.25. The molecule has 2 rings (SSSR count). The van der Waals surface area contributed by atoms with Gasteiger partial charge in [-0.05, 0) is 35.6 Å². The number of benzene rings is 2. The van der Waals surface area contributed by atoms with E-state index in [0.29, 0.717) is 23.4 Å². The first-order chi connectivity index (χ1) is 13.1. The normalized spacial score (nSPS) is 11.0. The van der Waals surface area contributed by atoms with Crippen LogP contribution in [0.3, 0.4) is 0 Å². The molecule has 0 aliphatic heterocycles. The van der Waals surface area contributed by atoms with Gasteiger partial charge in [0.05, 0.1) is 14.2 Å². The summed E-state index contributed by atoms with van der Waals surface area (Å²) in [5, 5.41) is 9.12. The third-order valence-corrected chi connectivity index (χ3v) is 3.85. The monoisotopic (exact) mass is 603 g/mol. The standard InChI is InChI=1S/C19H22N4O2S2.O.Re/c1-24-16-8-4-14(5-9-16)22-18(26)20-12-3-13-21-19(27)23-15-6-10-17(25-2)11-7-15;;/h4-11H,3,12-13H2,1-2H3,(H2-2,20,21,22,23,26,27);;/q2*-2;/p-2. The van der Waals surface area contributed by atoms with Crippen LogP contribution in [0.15, 0.2) is 58.5 Å². The number of nitrogens with zero attached hydrogens (tertiary/aromatic N) is 4. The maximum Gasteiger partial charge on any atom is 0.118 e. The molecule has 29 heavy (non-hydrogen) atoms. The molecule has 2 aromatic carbocycles. The molecule has 7 nitrogen and oxygen atoms in total. The molecule has 0 fully saturated rings. The van der Waals surface area contributed by atoms with Crippen molar-refractivity contribution in [2.24, 2.45) is 9.98 Å². The van der Waals surface area contributed by atoms with Crippen molar-refractivity contribution in [3.63, 3.8) is 0 Å². The van der Waals surface area contributed by atoms with Gasteiger partial charge in [-0.25, -0.2) is 10.3 Å². The number of hydrogen-bond acceptors (Lipinski definition) is 6. The van der Waals surface area contributed by atoms with Crippen LogP contribution in [-0.2, 0) is 51.2 Å². The van der Waals surface area contributed by atoms with Crippen molar-refractivity contribution in [2.75, 3.05) is 27.3 Å². The summed E-state index contributed by atoms with van der Waals surface area (Å²) in [6.45, 7) is 1.07. The summed E-state index contributed by atoms with van der Waals surface area (Å²) in [6, 6.07) is 14.6. The number of aliphatic imine (C=N–C) groups is 2. The first-order valence-corrected chi connectivity index (χ1v) is 9.07. The molecule has 0 spiro atoms. The first kappa shape index (κ1) is 27.0. The summed E-state index contributed by atoms with van der Waals surface area (Å²) in [4.78, 5) is 8.52. The predicted molar refractivity (Wildman–Crippen MR) is 117 cm³/mol. The second-order valence-corrected chi connectivity index (χ2v) is 6.03. The zero-order chi connectivity index (χ0) is 19.5. The molecule has 0 amide bonds. The van der Waals surface area contributed by atoms with Crippen LogP contribution in [0.1, 0.15) is 6.42 Å². The SMILES string of the molecule is COc1ccc(N=C([S-])[N-]CCC[N-]C([S-])=Nc2ccc(OC)cc2)cc1.[O-2].[Re]. The van der Waals surface area contributed by atoms with Crippen LogP contribution < -0.4 is 9.47 Å². The molecule has 159 valence electrons. The van der Waals surface area contributed by atoms with E-state index in [4.69, 9.17) is 34.7 Å². The van der Waals surface area contributed by atoms with E-state index in [9.17, 15) is 0 Å². The molecule has 0 N–H and O–H groups in total. The van der Waals surface area contributed by atoms with Gasteiger partial charge in [-0.1, -0.05) is 43.8 Å². The van der Waals surface area contributed by atoms with Gasteiger partial charge in [0.2, 0.25) is 0 Å². The van der Waals surface area contributed by atoms with E-state index in [1.165, 1.54) is 0 Å². The number of amidine groups is 2. The Labute approximate surface area is 196 Å². The zero-order valence-electron chi connectivity index (χ0n) is 15.9. The Morgan fingerprint density at radius 1 is 0.759 bits per heavy atom. The van der Waals surface area contributed by atoms with Crippen LogP contribution in [0, 0.1) is 0 Å². The van der Waals surface area contributed by atoms with Crippen molar-refractivity contribution in [3.05, 3.63) is 59.2 Å². The van der Waals surface area contributed by atoms with Crippen LogP contribution in [-0.4, -0.2) is 37.6 Å². The van der Waals surface area contributed by atoms with E-state index in [1.54, 1.807) is 14.2 Å². The van der Waals surface area contributed by atoms with Crippen molar-refractivity contribution in [2.45, 2.75) is 6.42 Å². The fraction of sp³-hybridized carbons (Fsp3) is 0.263. The van der Waals surface area contributed by atoms with Gasteiger partial charge in [0.15, 0.2) is 0 Å². The van der Waals surface area contributed by atoms with E-state index in [-0.39, 0.29) is 25.9 Å². The van der Waals surface area contributed by atoms with Crippen molar-refractivity contribution in [1.82, 2.24) is 0 Å². The smallest absolute Gasteiger partial charge is 0.118 e. The number of methoxy groups -OCH3 is 2. The van der Waals surface area contributed by atoms with E-state index in [1.807, 2.05) is 48.5 Å². The summed E-state index contributed by atoms with van der Waals surface area (Å²) < 4.78 is 10.2. The number of hydrogen-bond donors (Lipinski definition) is 0. The molecule has 0 aliphatic carbocycles. The molecule has 2 aromatic rings. The summed E-state index contributed by atoms with van der Waals surface area (Å²) in [6.07, 6.45) is 0.719. The van der Waals surface area contributed by atoms with Crippen molar-refractivity contribution in [1.29, 1.82) is 0 Å². The van der Waals surface area contributed by atoms with Gasteiger partial charge in [-0.2, -0.15) is 0 Å². The molecule has 0 unspecified atom stereocenters. The molecule has 0 aromatic heterocycles. The summed E-state index contributed by atoms with van der Waals surface area (Å²) >= 11 is 10.3. The minimum Gasteiger partial charge on any atom is -2.00 e. The number of ether oxygens (including phenoxy) is 2. The zero-order valence-corrected chi connectivity index (χ0v) is 20.3. The molecule has 0 aliphatic rings. The summed E-state index contributed by atoms with van der Waals surface area (Å²) in [7, 11) is 3.24. The third kappa shape index (κ3) is 10.4. The Bertz CT molecular complexity index is 707. The Hall–Kier alpha value is -1.96. The minimum absolute atomic E-state index is 0. The number of rotatable bonds is 8. The Balaban J connectivity index is 0.00000392. The molecule has 0 heterocycles. The Morgan fingerprint density at radius 2 is 1.10 bits per heavy atom. The van der Waals surface area contributed by atoms with Gasteiger partial charge in [0.25, 0.3) is 0 Å². The van der Waals surface area contributed by atoms with E-state index < -0.39 is 0 Å². The maximum absolute atomic E-state index is 5.16. The predicted octanol–water partition coefficient (Wildman–Crippen LogP) is 4.49. The van der Waals surface area contributed by atoms with E-state index in [0.717, 1.165) is 29.3 Å². The van der Waals surface area contributed by atoms with Gasteiger partial charge in [-0.15, -0.1) is 0 Å². The second kappa shape index (κ2) is 15.0. The molecular formula is C19H20N4O3ReS2-6.